The molecule has 1 unspecified atom stereocenters. The van der Waals surface area contributed by atoms with Crippen LogP contribution in [-0.4, -0.2) is 69.8 Å². The molecule has 6 rings (SSSR count). The molecule has 1 aromatic carbocycles. The number of rotatable bonds is 8. The van der Waals surface area contributed by atoms with Crippen molar-refractivity contribution in [2.45, 2.75) is 38.5 Å². The zero-order valence-corrected chi connectivity index (χ0v) is 24.9. The zero-order chi connectivity index (χ0) is 29.2. The van der Waals surface area contributed by atoms with Crippen molar-refractivity contribution < 1.29 is 19.4 Å². The van der Waals surface area contributed by atoms with Gasteiger partial charge in [-0.2, -0.15) is 0 Å². The topological polar surface area (TPSA) is 93.0 Å². The largest absolute Gasteiger partial charge is 0.486 e. The molecule has 220 valence electrons. The number of hydrogen-bond acceptors (Lipinski definition) is 7. The van der Waals surface area contributed by atoms with Gasteiger partial charge in [-0.05, 0) is 56.5 Å². The molecule has 2 saturated heterocycles. The van der Waals surface area contributed by atoms with E-state index in [4.69, 9.17) is 42.8 Å². The average Bonchev–Trinajstić information content (AvgIpc) is 3.37. The van der Waals surface area contributed by atoms with E-state index in [1.165, 1.54) is 0 Å². The monoisotopic (exact) mass is 609 g/mol. The van der Waals surface area contributed by atoms with E-state index < -0.39 is 5.97 Å². The number of hydrogen-bond donors (Lipinski definition) is 1. The van der Waals surface area contributed by atoms with Gasteiger partial charge in [-0.3, -0.25) is 14.7 Å². The van der Waals surface area contributed by atoms with Crippen molar-refractivity contribution >= 4 is 45.9 Å². The van der Waals surface area contributed by atoms with Gasteiger partial charge in [-0.1, -0.05) is 23.2 Å². The van der Waals surface area contributed by atoms with Crippen LogP contribution in [0.1, 0.15) is 44.1 Å². The number of nitrogens with zero attached hydrogens (tertiary/aromatic N) is 5. The number of piperazine rings is 1. The van der Waals surface area contributed by atoms with E-state index in [2.05, 4.69) is 38.8 Å². The summed E-state index contributed by atoms with van der Waals surface area (Å²) in [6.45, 7) is 5.61. The van der Waals surface area contributed by atoms with E-state index in [-0.39, 0.29) is 18.9 Å². The van der Waals surface area contributed by atoms with Crippen molar-refractivity contribution in [2.24, 2.45) is 0 Å². The Morgan fingerprint density at radius 2 is 1.88 bits per heavy atom. The van der Waals surface area contributed by atoms with Crippen molar-refractivity contribution in [1.29, 1.82) is 0 Å². The summed E-state index contributed by atoms with van der Waals surface area (Å²) in [5, 5.41) is 11.1. The lowest BCUT2D eigenvalue weighted by Gasteiger charge is -2.34. The van der Waals surface area contributed by atoms with Crippen LogP contribution in [0.2, 0.25) is 10.0 Å². The third-order valence-corrected chi connectivity index (χ3v) is 8.60. The van der Waals surface area contributed by atoms with E-state index in [1.807, 2.05) is 30.2 Å². The fraction of sp³-hybridized carbons (Fsp3) is 0.387. The standard InChI is InChI=1S/C31H33Cl2N5O4/c1-20(31-25(32)16-34-17-26(31)33)42-22-6-7-27-23(14-22)24(18-38(27)29-4-2-3-13-41-29)21-5-8-28(35-15-21)37-11-9-36(10-12-37)19-30(39)40/h5-8,14-18,20,29H,2-4,9-13,19H2,1H3,(H,39,40)/t20-,29?/m1/s1. The third kappa shape index (κ3) is 6.06. The molecule has 2 fully saturated rings. The smallest absolute Gasteiger partial charge is 0.317 e. The summed E-state index contributed by atoms with van der Waals surface area (Å²) in [5.74, 6) is 0.792. The first kappa shape index (κ1) is 28.7. The minimum atomic E-state index is -0.795. The predicted octanol–water partition coefficient (Wildman–Crippen LogP) is 6.45. The lowest BCUT2D eigenvalue weighted by atomic mass is 10.1. The number of aliphatic carboxylic acids is 1. The van der Waals surface area contributed by atoms with Gasteiger partial charge in [0, 0.05) is 79.6 Å². The molecule has 0 amide bonds. The maximum atomic E-state index is 11.1. The van der Waals surface area contributed by atoms with E-state index in [1.54, 1.807) is 12.4 Å². The first-order chi connectivity index (χ1) is 20.4. The van der Waals surface area contributed by atoms with E-state index in [0.717, 1.165) is 66.8 Å². The Labute approximate surface area is 254 Å². The van der Waals surface area contributed by atoms with Gasteiger partial charge in [-0.25, -0.2) is 4.98 Å². The molecule has 0 radical (unpaired) electrons. The van der Waals surface area contributed by atoms with Crippen LogP contribution in [0.5, 0.6) is 5.75 Å². The van der Waals surface area contributed by atoms with Gasteiger partial charge in [0.1, 0.15) is 23.9 Å². The molecule has 11 heteroatoms. The molecule has 2 atom stereocenters. The van der Waals surface area contributed by atoms with Gasteiger partial charge < -0.3 is 24.0 Å². The molecule has 4 aromatic rings. The van der Waals surface area contributed by atoms with Gasteiger partial charge in [0.25, 0.3) is 0 Å². The maximum Gasteiger partial charge on any atom is 0.317 e. The fourth-order valence-electron chi connectivity index (χ4n) is 5.85. The Kier molecular flexibility index (Phi) is 8.53. The van der Waals surface area contributed by atoms with Gasteiger partial charge >= 0.3 is 5.97 Å². The molecule has 2 aliphatic rings. The summed E-state index contributed by atoms with van der Waals surface area (Å²) in [7, 11) is 0. The lowest BCUT2D eigenvalue weighted by molar-refractivity contribution is -0.138. The van der Waals surface area contributed by atoms with Crippen LogP contribution >= 0.6 is 23.2 Å². The van der Waals surface area contributed by atoms with Gasteiger partial charge in [0.2, 0.25) is 0 Å². The van der Waals surface area contributed by atoms with Crippen LogP contribution in [0.4, 0.5) is 5.82 Å². The SMILES string of the molecule is C[C@@H](Oc1ccc2c(c1)c(-c1ccc(N3CCN(CC(=O)O)CC3)nc1)cn2C1CCCCO1)c1c(Cl)cncc1Cl. The van der Waals surface area contributed by atoms with Crippen LogP contribution in [0.25, 0.3) is 22.0 Å². The molecular formula is C31H33Cl2N5O4. The molecule has 9 nitrogen and oxygen atoms in total. The quantitative estimate of drug-likeness (QED) is 0.243. The Balaban J connectivity index is 1.30. The average molecular weight is 611 g/mol. The molecule has 42 heavy (non-hydrogen) atoms. The van der Waals surface area contributed by atoms with Crippen LogP contribution < -0.4 is 9.64 Å². The van der Waals surface area contributed by atoms with Crippen molar-refractivity contribution in [2.75, 3.05) is 44.2 Å². The van der Waals surface area contributed by atoms with Gasteiger partial charge in [0.15, 0.2) is 0 Å². The van der Waals surface area contributed by atoms with Crippen molar-refractivity contribution in [3.8, 4) is 16.9 Å². The minimum Gasteiger partial charge on any atom is -0.486 e. The number of ether oxygens (including phenoxy) is 2. The summed E-state index contributed by atoms with van der Waals surface area (Å²) in [4.78, 5) is 24.1. The Bertz CT molecular complexity index is 1540. The van der Waals surface area contributed by atoms with Crippen LogP contribution in [0, 0.1) is 0 Å². The number of aromatic nitrogens is 3. The van der Waals surface area contributed by atoms with E-state index in [0.29, 0.717) is 34.4 Å². The molecule has 0 spiro atoms. The molecule has 1 N–H and O–H groups in total. The molecule has 5 heterocycles. The second-order valence-electron chi connectivity index (χ2n) is 10.8. The highest BCUT2D eigenvalue weighted by Crippen LogP contribution is 2.39. The number of anilines is 1. The zero-order valence-electron chi connectivity index (χ0n) is 23.4. The summed E-state index contributed by atoms with van der Waals surface area (Å²) >= 11 is 12.8. The normalized spacial score (nSPS) is 18.7. The third-order valence-electron chi connectivity index (χ3n) is 7.99. The fourth-order valence-corrected chi connectivity index (χ4v) is 6.52. The molecule has 0 bridgehead atoms. The number of halogens is 2. The molecule has 3 aromatic heterocycles. The van der Waals surface area contributed by atoms with E-state index in [9.17, 15) is 4.79 Å². The Morgan fingerprint density at radius 1 is 1.10 bits per heavy atom. The van der Waals surface area contributed by atoms with Crippen LogP contribution in [0.15, 0.2) is 55.1 Å². The Morgan fingerprint density at radius 3 is 2.55 bits per heavy atom. The molecule has 0 saturated carbocycles. The predicted molar refractivity (Wildman–Crippen MR) is 164 cm³/mol. The van der Waals surface area contributed by atoms with Crippen LogP contribution in [-0.2, 0) is 9.53 Å². The maximum absolute atomic E-state index is 11.1. The molecular weight excluding hydrogens is 577 g/mol. The first-order valence-corrected chi connectivity index (χ1v) is 15.0. The summed E-state index contributed by atoms with van der Waals surface area (Å²) in [6, 6.07) is 10.2. The number of fused-ring (bicyclic) bond motifs is 1. The summed E-state index contributed by atoms with van der Waals surface area (Å²) < 4.78 is 14.7. The highest BCUT2D eigenvalue weighted by atomic mass is 35.5. The summed E-state index contributed by atoms with van der Waals surface area (Å²) in [6.07, 6.45) is 9.97. The second-order valence-corrected chi connectivity index (χ2v) is 11.6. The van der Waals surface area contributed by atoms with Crippen molar-refractivity contribution in [3.63, 3.8) is 0 Å². The van der Waals surface area contributed by atoms with Gasteiger partial charge in [0.05, 0.1) is 22.1 Å². The highest BCUT2D eigenvalue weighted by Gasteiger charge is 2.23. The van der Waals surface area contributed by atoms with Gasteiger partial charge in [-0.15, -0.1) is 0 Å². The number of pyridine rings is 2. The Hall–Kier alpha value is -3.37. The van der Waals surface area contributed by atoms with Crippen molar-refractivity contribution in [3.05, 3.63) is 70.7 Å². The van der Waals surface area contributed by atoms with E-state index >= 15 is 0 Å². The molecule has 2 aliphatic heterocycles. The summed E-state index contributed by atoms with van der Waals surface area (Å²) in [5.41, 5.74) is 3.80. The number of carbonyl (C=O) groups is 1. The number of carboxylic acids is 1. The molecule has 0 aliphatic carbocycles. The first-order valence-electron chi connectivity index (χ1n) is 14.2. The van der Waals surface area contributed by atoms with Crippen molar-refractivity contribution in [1.82, 2.24) is 19.4 Å². The number of carboxylic acid groups (broad SMARTS) is 1. The number of benzene rings is 1. The highest BCUT2D eigenvalue weighted by molar-refractivity contribution is 6.35. The second kappa shape index (κ2) is 12.5. The van der Waals surface area contributed by atoms with Crippen LogP contribution in [0.3, 0.4) is 0 Å². The lowest BCUT2D eigenvalue weighted by Crippen LogP contribution is -2.48. The minimum absolute atomic E-state index is 0.0237.